The number of nitro groups is 1. The molecule has 2 rings (SSSR count). The number of nitrogens with zero attached hydrogens (tertiary/aromatic N) is 5. The molecule has 0 saturated heterocycles. The quantitative estimate of drug-likeness (QED) is 0.611. The third-order valence-corrected chi connectivity index (χ3v) is 2.59. The first-order valence-electron chi connectivity index (χ1n) is 5.47. The summed E-state index contributed by atoms with van der Waals surface area (Å²) in [7, 11) is 1.83. The van der Waals surface area contributed by atoms with Crippen molar-refractivity contribution in [3.05, 3.63) is 34.0 Å². The first-order chi connectivity index (χ1) is 8.99. The van der Waals surface area contributed by atoms with Gasteiger partial charge >= 0.3 is 5.69 Å². The van der Waals surface area contributed by atoms with Crippen LogP contribution in [0.15, 0.2) is 12.4 Å². The van der Waals surface area contributed by atoms with E-state index in [-0.39, 0.29) is 23.1 Å². The summed E-state index contributed by atoms with van der Waals surface area (Å²) in [6, 6.07) is 0. The Labute approximate surface area is 108 Å². The van der Waals surface area contributed by atoms with E-state index in [0.717, 1.165) is 5.82 Å². The second-order valence-corrected chi connectivity index (χ2v) is 3.93. The average Bonchev–Trinajstić information content (AvgIpc) is 2.70. The van der Waals surface area contributed by atoms with Crippen LogP contribution in [-0.4, -0.2) is 24.4 Å². The van der Waals surface area contributed by atoms with Crippen molar-refractivity contribution in [1.29, 1.82) is 0 Å². The molecule has 0 atom stereocenters. The van der Waals surface area contributed by atoms with Crippen LogP contribution in [0, 0.1) is 17.0 Å². The van der Waals surface area contributed by atoms with Crippen LogP contribution in [-0.2, 0) is 13.6 Å². The molecule has 0 aliphatic carbocycles. The molecule has 0 aliphatic rings. The maximum Gasteiger partial charge on any atom is 0.332 e. The molecule has 2 aromatic rings. The van der Waals surface area contributed by atoms with E-state index >= 15 is 0 Å². The Hall–Kier alpha value is -2.71. The van der Waals surface area contributed by atoms with Crippen LogP contribution in [0.25, 0.3) is 0 Å². The van der Waals surface area contributed by atoms with Crippen LogP contribution in [0.4, 0.5) is 17.5 Å². The summed E-state index contributed by atoms with van der Waals surface area (Å²) in [6.07, 6.45) is 3.43. The van der Waals surface area contributed by atoms with Crippen LogP contribution >= 0.6 is 0 Å². The number of hydrogen-bond acceptors (Lipinski definition) is 7. The fraction of sp³-hybridized carbons (Fsp3) is 0.300. The van der Waals surface area contributed by atoms with E-state index < -0.39 is 4.92 Å². The molecular formula is C10H13N7O2. The molecule has 0 unspecified atom stereocenters. The SMILES string of the molecule is Cc1nc(N)nc(NCc2nccn2C)c1[N+](=O)[O-]. The molecule has 0 fully saturated rings. The van der Waals surface area contributed by atoms with Crippen LogP contribution < -0.4 is 11.1 Å². The normalized spacial score (nSPS) is 10.4. The summed E-state index contributed by atoms with van der Waals surface area (Å²) in [5.74, 6) is 0.813. The zero-order valence-electron chi connectivity index (χ0n) is 10.5. The summed E-state index contributed by atoms with van der Waals surface area (Å²) in [6.45, 7) is 1.82. The molecule has 0 saturated carbocycles. The molecule has 0 bridgehead atoms. The van der Waals surface area contributed by atoms with Crippen molar-refractivity contribution < 1.29 is 4.92 Å². The Morgan fingerprint density at radius 1 is 1.53 bits per heavy atom. The van der Waals surface area contributed by atoms with Crippen LogP contribution in [0.5, 0.6) is 0 Å². The lowest BCUT2D eigenvalue weighted by atomic mass is 10.3. The lowest BCUT2D eigenvalue weighted by Gasteiger charge is -2.08. The largest absolute Gasteiger partial charge is 0.368 e. The molecule has 0 aromatic carbocycles. The predicted octanol–water partition coefficient (Wildman–Crippen LogP) is 0.621. The lowest BCUT2D eigenvalue weighted by molar-refractivity contribution is -0.385. The maximum atomic E-state index is 11.0. The van der Waals surface area contributed by atoms with Crippen molar-refractivity contribution in [3.8, 4) is 0 Å². The fourth-order valence-corrected chi connectivity index (χ4v) is 1.66. The van der Waals surface area contributed by atoms with Gasteiger partial charge < -0.3 is 15.6 Å². The minimum Gasteiger partial charge on any atom is -0.368 e. The van der Waals surface area contributed by atoms with Crippen molar-refractivity contribution in [2.75, 3.05) is 11.1 Å². The van der Waals surface area contributed by atoms with Gasteiger partial charge in [0.25, 0.3) is 0 Å². The number of aromatic nitrogens is 4. The van der Waals surface area contributed by atoms with Gasteiger partial charge in [-0.25, -0.2) is 9.97 Å². The average molecular weight is 263 g/mol. The summed E-state index contributed by atoms with van der Waals surface area (Å²) in [4.78, 5) is 22.2. The summed E-state index contributed by atoms with van der Waals surface area (Å²) in [5, 5.41) is 13.9. The standard InChI is InChI=1S/C10H13N7O2/c1-6-8(17(18)19)9(15-10(11)14-6)13-5-7-12-3-4-16(7)2/h3-4H,5H2,1-2H3,(H3,11,13,14,15). The van der Waals surface area contributed by atoms with Crippen LogP contribution in [0.2, 0.25) is 0 Å². The molecule has 100 valence electrons. The Morgan fingerprint density at radius 2 is 2.26 bits per heavy atom. The second-order valence-electron chi connectivity index (χ2n) is 3.93. The molecular weight excluding hydrogens is 250 g/mol. The van der Waals surface area contributed by atoms with Crippen LogP contribution in [0.3, 0.4) is 0 Å². The zero-order chi connectivity index (χ0) is 14.0. The molecule has 9 heteroatoms. The Bertz CT molecular complexity index is 622. The maximum absolute atomic E-state index is 11.0. The number of hydrogen-bond donors (Lipinski definition) is 2. The molecule has 19 heavy (non-hydrogen) atoms. The van der Waals surface area contributed by atoms with E-state index in [2.05, 4.69) is 20.3 Å². The van der Waals surface area contributed by atoms with E-state index in [1.165, 1.54) is 6.92 Å². The van der Waals surface area contributed by atoms with Gasteiger partial charge in [-0.3, -0.25) is 10.1 Å². The van der Waals surface area contributed by atoms with E-state index in [1.807, 2.05) is 7.05 Å². The monoisotopic (exact) mass is 263 g/mol. The van der Waals surface area contributed by atoms with E-state index in [1.54, 1.807) is 17.0 Å². The second kappa shape index (κ2) is 4.88. The zero-order valence-corrected chi connectivity index (χ0v) is 10.5. The molecule has 0 spiro atoms. The molecule has 9 nitrogen and oxygen atoms in total. The summed E-state index contributed by atoms with van der Waals surface area (Å²) >= 11 is 0. The summed E-state index contributed by atoms with van der Waals surface area (Å²) < 4.78 is 1.80. The van der Waals surface area contributed by atoms with E-state index in [0.29, 0.717) is 6.54 Å². The van der Waals surface area contributed by atoms with Gasteiger partial charge in [0.1, 0.15) is 11.5 Å². The van der Waals surface area contributed by atoms with Gasteiger partial charge in [0.2, 0.25) is 11.8 Å². The van der Waals surface area contributed by atoms with E-state index in [4.69, 9.17) is 5.73 Å². The number of nitrogens with two attached hydrogens (primary N) is 1. The van der Waals surface area contributed by atoms with Gasteiger partial charge in [0.05, 0.1) is 11.5 Å². The number of aryl methyl sites for hydroxylation is 2. The van der Waals surface area contributed by atoms with Gasteiger partial charge in [0.15, 0.2) is 0 Å². The molecule has 0 aliphatic heterocycles. The number of anilines is 2. The minimum absolute atomic E-state index is 0.00885. The van der Waals surface area contributed by atoms with Gasteiger partial charge in [0, 0.05) is 19.4 Å². The van der Waals surface area contributed by atoms with Crippen molar-refractivity contribution in [1.82, 2.24) is 19.5 Å². The number of nitrogens with one attached hydrogen (secondary N) is 1. The first-order valence-corrected chi connectivity index (χ1v) is 5.47. The van der Waals surface area contributed by atoms with Crippen molar-refractivity contribution in [3.63, 3.8) is 0 Å². The molecule has 0 radical (unpaired) electrons. The van der Waals surface area contributed by atoms with Gasteiger partial charge in [-0.15, -0.1) is 0 Å². The first kappa shape index (κ1) is 12.7. The molecule has 3 N–H and O–H groups in total. The van der Waals surface area contributed by atoms with Gasteiger partial charge in [-0.05, 0) is 6.92 Å². The highest BCUT2D eigenvalue weighted by Crippen LogP contribution is 2.25. The van der Waals surface area contributed by atoms with Crippen molar-refractivity contribution in [2.45, 2.75) is 13.5 Å². The highest BCUT2D eigenvalue weighted by Gasteiger charge is 2.21. The van der Waals surface area contributed by atoms with Gasteiger partial charge in [-0.2, -0.15) is 4.98 Å². The predicted molar refractivity (Wildman–Crippen MR) is 68.4 cm³/mol. The molecule has 2 heterocycles. The smallest absolute Gasteiger partial charge is 0.332 e. The van der Waals surface area contributed by atoms with Crippen molar-refractivity contribution in [2.24, 2.45) is 7.05 Å². The van der Waals surface area contributed by atoms with Crippen LogP contribution in [0.1, 0.15) is 11.5 Å². The summed E-state index contributed by atoms with van der Waals surface area (Å²) in [5.41, 5.74) is 5.55. The third kappa shape index (κ3) is 2.59. The number of nitrogen functional groups attached to an aromatic ring is 1. The topological polar surface area (TPSA) is 125 Å². The Morgan fingerprint density at radius 3 is 2.84 bits per heavy atom. The number of rotatable bonds is 4. The molecule has 2 aromatic heterocycles. The third-order valence-electron chi connectivity index (χ3n) is 2.59. The van der Waals surface area contributed by atoms with Crippen molar-refractivity contribution >= 4 is 17.5 Å². The Balaban J connectivity index is 2.29. The lowest BCUT2D eigenvalue weighted by Crippen LogP contribution is -2.11. The highest BCUT2D eigenvalue weighted by atomic mass is 16.6. The van der Waals surface area contributed by atoms with E-state index in [9.17, 15) is 10.1 Å². The Kier molecular flexibility index (Phi) is 3.27. The molecule has 0 amide bonds. The van der Waals surface area contributed by atoms with Gasteiger partial charge in [-0.1, -0.05) is 0 Å². The highest BCUT2D eigenvalue weighted by molar-refractivity contribution is 5.60. The minimum atomic E-state index is -0.532. The fourth-order valence-electron chi connectivity index (χ4n) is 1.66. The number of imidazole rings is 1.